The van der Waals surface area contributed by atoms with Crippen molar-refractivity contribution in [2.24, 2.45) is 0 Å². The summed E-state index contributed by atoms with van der Waals surface area (Å²) in [6.45, 7) is 2.11. The summed E-state index contributed by atoms with van der Waals surface area (Å²) >= 11 is 18.2. The molecule has 1 aliphatic heterocycles. The molecular weight excluding hydrogens is 553 g/mol. The molecule has 0 aromatic heterocycles. The van der Waals surface area contributed by atoms with E-state index in [9.17, 15) is 19.2 Å². The third kappa shape index (κ3) is 5.83. The molecule has 0 bridgehead atoms. The van der Waals surface area contributed by atoms with Crippen molar-refractivity contribution in [3.05, 3.63) is 98.6 Å². The second kappa shape index (κ2) is 11.7. The third-order valence-electron chi connectivity index (χ3n) is 5.38. The molecule has 0 saturated heterocycles. The van der Waals surface area contributed by atoms with E-state index < -0.39 is 23.7 Å². The molecular formula is C27H20Cl3N3O5. The van der Waals surface area contributed by atoms with Gasteiger partial charge in [0.05, 0.1) is 27.9 Å². The summed E-state index contributed by atoms with van der Waals surface area (Å²) < 4.78 is 5.13. The molecule has 0 radical (unpaired) electrons. The zero-order chi connectivity index (χ0) is 27.4. The van der Waals surface area contributed by atoms with E-state index in [0.29, 0.717) is 27.8 Å². The number of carbonyl (C=O) groups excluding carboxylic acids is 4. The Hall–Kier alpha value is -3.85. The summed E-state index contributed by atoms with van der Waals surface area (Å²) in [5.74, 6) is -2.48. The van der Waals surface area contributed by atoms with Gasteiger partial charge in [0.1, 0.15) is 10.7 Å². The molecule has 4 rings (SSSR count). The average Bonchev–Trinajstić information content (AvgIpc) is 3.12. The Morgan fingerprint density at radius 1 is 0.842 bits per heavy atom. The molecule has 3 amide bonds. The van der Waals surface area contributed by atoms with Gasteiger partial charge in [0, 0.05) is 16.9 Å². The molecule has 11 heteroatoms. The Labute approximate surface area is 233 Å². The van der Waals surface area contributed by atoms with Crippen molar-refractivity contribution in [1.29, 1.82) is 0 Å². The number of hydrogen-bond acceptors (Lipinski definition) is 6. The molecule has 1 aliphatic rings. The number of carbonyl (C=O) groups is 4. The zero-order valence-corrected chi connectivity index (χ0v) is 22.2. The molecule has 0 saturated carbocycles. The van der Waals surface area contributed by atoms with Crippen LogP contribution in [0.4, 0.5) is 17.1 Å². The van der Waals surface area contributed by atoms with E-state index in [2.05, 4.69) is 10.6 Å². The van der Waals surface area contributed by atoms with E-state index in [4.69, 9.17) is 39.5 Å². The normalized spacial score (nSPS) is 13.1. The number of anilines is 3. The van der Waals surface area contributed by atoms with Crippen molar-refractivity contribution >= 4 is 75.6 Å². The maximum atomic E-state index is 13.2. The maximum Gasteiger partial charge on any atom is 0.338 e. The van der Waals surface area contributed by atoms with Crippen LogP contribution in [0.2, 0.25) is 10.0 Å². The lowest BCUT2D eigenvalue weighted by atomic mass is 10.1. The standard InChI is InChI=1S/C27H20Cl3N3O5/c1-2-11-38-27(37)16-6-4-8-19(13-16)33-25(35)22(30)23(26(33)36)31-17-7-3-5-15(12-17)24(34)32-18-9-10-20(28)21(29)14-18/h3-10,12-14,31H,2,11H2,1H3,(H,32,34). The third-order valence-corrected chi connectivity index (χ3v) is 6.47. The highest BCUT2D eigenvalue weighted by molar-refractivity contribution is 6.53. The lowest BCUT2D eigenvalue weighted by molar-refractivity contribution is -0.120. The van der Waals surface area contributed by atoms with E-state index in [1.165, 1.54) is 36.4 Å². The fraction of sp³-hybridized carbons (Fsp3) is 0.111. The van der Waals surface area contributed by atoms with Gasteiger partial charge in [0.15, 0.2) is 0 Å². The van der Waals surface area contributed by atoms with Crippen molar-refractivity contribution in [1.82, 2.24) is 0 Å². The highest BCUT2D eigenvalue weighted by atomic mass is 35.5. The summed E-state index contributed by atoms with van der Waals surface area (Å²) in [7, 11) is 0. The van der Waals surface area contributed by atoms with Crippen LogP contribution in [0.25, 0.3) is 0 Å². The Morgan fingerprint density at radius 3 is 2.32 bits per heavy atom. The molecule has 3 aromatic carbocycles. The number of rotatable bonds is 8. The molecule has 38 heavy (non-hydrogen) atoms. The molecule has 3 aromatic rings. The molecule has 2 N–H and O–H groups in total. The van der Waals surface area contributed by atoms with E-state index >= 15 is 0 Å². The van der Waals surface area contributed by atoms with Crippen LogP contribution in [0.5, 0.6) is 0 Å². The van der Waals surface area contributed by atoms with Crippen molar-refractivity contribution < 1.29 is 23.9 Å². The Bertz CT molecular complexity index is 1490. The van der Waals surface area contributed by atoms with Crippen molar-refractivity contribution in [2.45, 2.75) is 13.3 Å². The smallest absolute Gasteiger partial charge is 0.338 e. The van der Waals surface area contributed by atoms with E-state index in [-0.39, 0.29) is 34.2 Å². The molecule has 0 fully saturated rings. The number of nitrogens with zero attached hydrogens (tertiary/aromatic N) is 1. The van der Waals surface area contributed by atoms with Gasteiger partial charge in [-0.15, -0.1) is 0 Å². The highest BCUT2D eigenvalue weighted by Crippen LogP contribution is 2.31. The quantitative estimate of drug-likeness (QED) is 0.244. The molecule has 0 atom stereocenters. The number of amides is 3. The first-order valence-electron chi connectivity index (χ1n) is 11.4. The largest absolute Gasteiger partial charge is 0.462 e. The first-order valence-corrected chi connectivity index (χ1v) is 12.5. The second-order valence-corrected chi connectivity index (χ2v) is 9.30. The summed E-state index contributed by atoms with van der Waals surface area (Å²) in [4.78, 5) is 51.9. The van der Waals surface area contributed by atoms with Crippen LogP contribution in [0.1, 0.15) is 34.1 Å². The molecule has 194 valence electrons. The number of nitrogens with one attached hydrogen (secondary N) is 2. The van der Waals surface area contributed by atoms with Gasteiger partial charge in [0.2, 0.25) is 0 Å². The topological polar surface area (TPSA) is 105 Å². The lowest BCUT2D eigenvalue weighted by Gasteiger charge is -2.16. The number of hydrogen-bond donors (Lipinski definition) is 2. The number of halogens is 3. The lowest BCUT2D eigenvalue weighted by Crippen LogP contribution is -2.32. The van der Waals surface area contributed by atoms with Crippen LogP contribution >= 0.6 is 34.8 Å². The molecule has 1 heterocycles. The monoisotopic (exact) mass is 571 g/mol. The molecule has 0 unspecified atom stereocenters. The average molecular weight is 573 g/mol. The van der Waals surface area contributed by atoms with Crippen LogP contribution < -0.4 is 15.5 Å². The first-order chi connectivity index (χ1) is 18.2. The number of ether oxygens (including phenoxy) is 1. The van der Waals surface area contributed by atoms with Crippen LogP contribution in [0, 0.1) is 0 Å². The fourth-order valence-electron chi connectivity index (χ4n) is 3.56. The van der Waals surface area contributed by atoms with E-state index in [1.807, 2.05) is 6.92 Å². The highest BCUT2D eigenvalue weighted by Gasteiger charge is 2.39. The minimum absolute atomic E-state index is 0.163. The zero-order valence-electron chi connectivity index (χ0n) is 19.9. The van der Waals surface area contributed by atoms with Crippen LogP contribution in [-0.4, -0.2) is 30.3 Å². The number of benzene rings is 3. The Morgan fingerprint density at radius 2 is 1.58 bits per heavy atom. The summed E-state index contributed by atoms with van der Waals surface area (Å²) in [5.41, 5.74) is 1.24. The molecule has 0 spiro atoms. The second-order valence-electron chi connectivity index (χ2n) is 8.11. The van der Waals surface area contributed by atoms with Gasteiger partial charge in [0.25, 0.3) is 17.7 Å². The van der Waals surface area contributed by atoms with Crippen LogP contribution in [0.15, 0.2) is 77.5 Å². The minimum Gasteiger partial charge on any atom is -0.462 e. The van der Waals surface area contributed by atoms with E-state index in [1.54, 1.807) is 30.3 Å². The van der Waals surface area contributed by atoms with Gasteiger partial charge in [-0.2, -0.15) is 0 Å². The van der Waals surface area contributed by atoms with Crippen LogP contribution in [-0.2, 0) is 14.3 Å². The van der Waals surface area contributed by atoms with Crippen molar-refractivity contribution in [2.75, 3.05) is 22.1 Å². The first kappa shape index (κ1) is 27.2. The summed E-state index contributed by atoms with van der Waals surface area (Å²) in [6, 6.07) is 16.9. The Kier molecular flexibility index (Phi) is 8.36. The van der Waals surface area contributed by atoms with Gasteiger partial charge in [-0.25, -0.2) is 9.69 Å². The molecule has 0 aliphatic carbocycles. The van der Waals surface area contributed by atoms with Crippen molar-refractivity contribution in [3.8, 4) is 0 Å². The summed E-state index contributed by atoms with van der Waals surface area (Å²) in [5, 5.41) is 5.86. The minimum atomic E-state index is -0.758. The van der Waals surface area contributed by atoms with Crippen molar-refractivity contribution in [3.63, 3.8) is 0 Å². The van der Waals surface area contributed by atoms with Gasteiger partial charge in [-0.1, -0.05) is 53.9 Å². The Balaban J connectivity index is 1.52. The SMILES string of the molecule is CCCOC(=O)c1cccc(N2C(=O)C(Cl)=C(Nc3cccc(C(=O)Nc4ccc(Cl)c(Cl)c4)c3)C2=O)c1. The van der Waals surface area contributed by atoms with Gasteiger partial charge >= 0.3 is 5.97 Å². The number of imide groups is 1. The predicted octanol–water partition coefficient (Wildman–Crippen LogP) is 6.25. The van der Waals surface area contributed by atoms with Gasteiger partial charge in [-0.3, -0.25) is 14.4 Å². The predicted molar refractivity (Wildman–Crippen MR) is 147 cm³/mol. The number of esters is 1. The summed E-state index contributed by atoms with van der Waals surface area (Å²) in [6.07, 6.45) is 0.654. The van der Waals surface area contributed by atoms with Gasteiger partial charge < -0.3 is 15.4 Å². The van der Waals surface area contributed by atoms with Gasteiger partial charge in [-0.05, 0) is 61.0 Å². The maximum absolute atomic E-state index is 13.2. The fourth-order valence-corrected chi connectivity index (χ4v) is 4.07. The molecule has 8 nitrogen and oxygen atoms in total. The van der Waals surface area contributed by atoms with Crippen LogP contribution in [0.3, 0.4) is 0 Å². The van der Waals surface area contributed by atoms with E-state index in [0.717, 1.165) is 4.90 Å².